The molecule has 18 heavy (non-hydrogen) atoms. The second-order valence-electron chi connectivity index (χ2n) is 3.88. The van der Waals surface area contributed by atoms with Crippen LogP contribution in [-0.2, 0) is 9.54 Å². The van der Waals surface area contributed by atoms with E-state index in [0.29, 0.717) is 12.0 Å². The Morgan fingerprint density at radius 1 is 1.50 bits per heavy atom. The predicted octanol–water partition coefficient (Wildman–Crippen LogP) is 1.75. The highest BCUT2D eigenvalue weighted by Crippen LogP contribution is 2.40. The van der Waals surface area contributed by atoms with E-state index < -0.39 is 15.6 Å². The molecular formula is C12H10N2O3S. The van der Waals surface area contributed by atoms with Crippen molar-refractivity contribution < 1.29 is 9.72 Å². The van der Waals surface area contributed by atoms with Crippen molar-refractivity contribution in [2.75, 3.05) is 0 Å². The van der Waals surface area contributed by atoms with E-state index in [1.807, 2.05) is 0 Å². The van der Waals surface area contributed by atoms with Crippen molar-refractivity contribution in [3.05, 3.63) is 64.1 Å². The van der Waals surface area contributed by atoms with Gasteiger partial charge in [-0.1, -0.05) is 12.1 Å². The summed E-state index contributed by atoms with van der Waals surface area (Å²) in [6.45, 7) is 0. The molecule has 0 fully saturated rings. The summed E-state index contributed by atoms with van der Waals surface area (Å²) in [6, 6.07) is 5.27. The smallest absolute Gasteiger partial charge is 0.266 e. The fourth-order valence-corrected chi connectivity index (χ4v) is 2.15. The van der Waals surface area contributed by atoms with Crippen molar-refractivity contribution in [2.24, 2.45) is 5.92 Å². The van der Waals surface area contributed by atoms with E-state index >= 15 is 0 Å². The van der Waals surface area contributed by atoms with Gasteiger partial charge in [0.15, 0.2) is 0 Å². The number of carbonyl (C=O) groups is 1. The Hall–Kier alpha value is -1.95. The molecule has 0 saturated heterocycles. The van der Waals surface area contributed by atoms with Gasteiger partial charge < -0.3 is 4.79 Å². The van der Waals surface area contributed by atoms with Crippen molar-refractivity contribution in [1.29, 1.82) is 0 Å². The van der Waals surface area contributed by atoms with E-state index in [4.69, 9.17) is 0 Å². The first kappa shape index (κ1) is 12.5. The van der Waals surface area contributed by atoms with Crippen LogP contribution in [0, 0.1) is 16.0 Å². The quantitative estimate of drug-likeness (QED) is 0.390. The Bertz CT molecular complexity index is 542. The van der Waals surface area contributed by atoms with Crippen molar-refractivity contribution >= 4 is 18.9 Å². The number of carbonyl (C=O) groups excluding carboxylic acids is 1. The van der Waals surface area contributed by atoms with Gasteiger partial charge in [-0.2, -0.15) is 12.6 Å². The highest BCUT2D eigenvalue weighted by Gasteiger charge is 2.39. The van der Waals surface area contributed by atoms with Crippen LogP contribution in [0.2, 0.25) is 0 Å². The Morgan fingerprint density at radius 3 is 2.83 bits per heavy atom. The summed E-state index contributed by atoms with van der Waals surface area (Å²) < 4.78 is -0.942. The van der Waals surface area contributed by atoms with Gasteiger partial charge in [-0.3, -0.25) is 15.1 Å². The van der Waals surface area contributed by atoms with Crippen LogP contribution < -0.4 is 0 Å². The lowest BCUT2D eigenvalue weighted by molar-refractivity contribution is -0.419. The lowest BCUT2D eigenvalue weighted by Gasteiger charge is -2.29. The number of thiol groups is 1. The summed E-state index contributed by atoms with van der Waals surface area (Å²) in [5, 5.41) is 10.7. The average molecular weight is 262 g/mol. The minimum Gasteiger partial charge on any atom is -0.303 e. The van der Waals surface area contributed by atoms with Gasteiger partial charge in [-0.15, -0.1) is 0 Å². The molecule has 0 N–H and O–H groups in total. The van der Waals surface area contributed by atoms with Crippen molar-refractivity contribution in [3.8, 4) is 0 Å². The molecular weight excluding hydrogens is 252 g/mol. The lowest BCUT2D eigenvalue weighted by Crippen LogP contribution is -2.31. The Morgan fingerprint density at radius 2 is 2.28 bits per heavy atom. The molecule has 0 bridgehead atoms. The number of aldehydes is 1. The van der Waals surface area contributed by atoms with Crippen molar-refractivity contribution in [1.82, 2.24) is 4.98 Å². The third-order valence-corrected chi connectivity index (χ3v) is 3.48. The largest absolute Gasteiger partial charge is 0.303 e. The molecule has 6 heteroatoms. The molecule has 1 aromatic heterocycles. The van der Waals surface area contributed by atoms with Crippen LogP contribution in [0.1, 0.15) is 5.69 Å². The van der Waals surface area contributed by atoms with Crippen molar-refractivity contribution in [3.63, 3.8) is 0 Å². The summed E-state index contributed by atoms with van der Waals surface area (Å²) in [5.41, 5.74) is 0.480. The van der Waals surface area contributed by atoms with Gasteiger partial charge in [-0.05, 0) is 12.1 Å². The van der Waals surface area contributed by atoms with E-state index in [-0.39, 0.29) is 5.70 Å². The Balaban J connectivity index is 2.45. The standard InChI is InChI=1S/C12H10N2O3S/c15-8-9-7-10(14(16)17)4-5-12(9,18)11-3-1-2-6-13-11/h1-9,18H/t9-,12+/m1/s1. The summed E-state index contributed by atoms with van der Waals surface area (Å²) in [4.78, 5) is 25.5. The van der Waals surface area contributed by atoms with Gasteiger partial charge >= 0.3 is 0 Å². The third kappa shape index (κ3) is 2.06. The van der Waals surface area contributed by atoms with Crippen LogP contribution in [0.3, 0.4) is 0 Å². The van der Waals surface area contributed by atoms with Gasteiger partial charge in [-0.25, -0.2) is 0 Å². The molecule has 0 amide bonds. The van der Waals surface area contributed by atoms with Crippen LogP contribution in [-0.4, -0.2) is 16.2 Å². The molecule has 2 rings (SSSR count). The van der Waals surface area contributed by atoms with Gasteiger partial charge in [0.2, 0.25) is 0 Å². The molecule has 1 aliphatic carbocycles. The molecule has 0 aliphatic heterocycles. The monoisotopic (exact) mass is 262 g/mol. The average Bonchev–Trinajstić information content (AvgIpc) is 2.40. The number of hydrogen-bond acceptors (Lipinski definition) is 5. The normalized spacial score (nSPS) is 26.5. The highest BCUT2D eigenvalue weighted by molar-refractivity contribution is 7.81. The van der Waals surface area contributed by atoms with E-state index in [0.717, 1.165) is 0 Å². The molecule has 5 nitrogen and oxygen atoms in total. The number of pyridine rings is 1. The number of rotatable bonds is 3. The number of nitrogens with zero attached hydrogens (tertiary/aromatic N) is 2. The maximum Gasteiger partial charge on any atom is 0.266 e. The zero-order valence-corrected chi connectivity index (χ0v) is 10.2. The van der Waals surface area contributed by atoms with Crippen LogP contribution in [0.25, 0.3) is 0 Å². The van der Waals surface area contributed by atoms with Crippen LogP contribution in [0.15, 0.2) is 48.3 Å². The molecule has 1 aliphatic rings. The molecule has 2 atom stereocenters. The third-order valence-electron chi connectivity index (χ3n) is 2.80. The molecule has 0 saturated carbocycles. The number of allylic oxidation sites excluding steroid dienone is 2. The fourth-order valence-electron chi connectivity index (χ4n) is 1.81. The summed E-state index contributed by atoms with van der Waals surface area (Å²) in [6.07, 6.45) is 6.43. The molecule has 0 radical (unpaired) electrons. The van der Waals surface area contributed by atoms with Gasteiger partial charge in [0.25, 0.3) is 5.70 Å². The first-order valence-corrected chi connectivity index (χ1v) is 5.67. The summed E-state index contributed by atoms with van der Waals surface area (Å²) in [5.74, 6) is -0.721. The molecule has 1 heterocycles. The lowest BCUT2D eigenvalue weighted by atomic mass is 9.84. The number of hydrogen-bond donors (Lipinski definition) is 1. The van der Waals surface area contributed by atoms with Gasteiger partial charge in [0, 0.05) is 18.3 Å². The number of aromatic nitrogens is 1. The van der Waals surface area contributed by atoms with Crippen LogP contribution in [0.5, 0.6) is 0 Å². The Labute approximate surface area is 109 Å². The molecule has 0 aromatic carbocycles. The minimum absolute atomic E-state index is 0.104. The summed E-state index contributed by atoms with van der Waals surface area (Å²) in [7, 11) is 0. The predicted molar refractivity (Wildman–Crippen MR) is 68.7 cm³/mol. The fraction of sp³-hybridized carbons (Fsp3) is 0.167. The van der Waals surface area contributed by atoms with Gasteiger partial charge in [0.1, 0.15) is 6.29 Å². The second-order valence-corrected chi connectivity index (χ2v) is 4.62. The van der Waals surface area contributed by atoms with Crippen LogP contribution in [0.4, 0.5) is 0 Å². The van der Waals surface area contributed by atoms with E-state index in [2.05, 4.69) is 17.6 Å². The Kier molecular flexibility index (Phi) is 3.29. The van der Waals surface area contributed by atoms with E-state index in [1.54, 1.807) is 24.4 Å². The molecule has 92 valence electrons. The molecule has 0 spiro atoms. The maximum absolute atomic E-state index is 11.1. The first-order chi connectivity index (χ1) is 8.58. The van der Waals surface area contributed by atoms with E-state index in [1.165, 1.54) is 18.2 Å². The van der Waals surface area contributed by atoms with Gasteiger partial charge in [0.05, 0.1) is 21.3 Å². The molecule has 0 unspecified atom stereocenters. The van der Waals surface area contributed by atoms with Crippen molar-refractivity contribution in [2.45, 2.75) is 4.75 Å². The summed E-state index contributed by atoms with van der Waals surface area (Å²) >= 11 is 4.48. The topological polar surface area (TPSA) is 73.1 Å². The first-order valence-electron chi connectivity index (χ1n) is 5.22. The highest BCUT2D eigenvalue weighted by atomic mass is 32.1. The zero-order valence-electron chi connectivity index (χ0n) is 9.26. The van der Waals surface area contributed by atoms with Crippen LogP contribution >= 0.6 is 12.6 Å². The van der Waals surface area contributed by atoms with E-state index in [9.17, 15) is 14.9 Å². The second kappa shape index (κ2) is 4.73. The molecule has 1 aromatic rings. The SMILES string of the molecule is O=C[C@H]1C=C([N+](=O)[O-])C=C[C@@]1(S)c1ccccn1. The number of nitro groups is 1. The maximum atomic E-state index is 11.1. The zero-order chi connectivity index (χ0) is 13.2. The minimum atomic E-state index is -0.942.